The lowest BCUT2D eigenvalue weighted by molar-refractivity contribution is -0.120. The maximum absolute atomic E-state index is 12.1. The predicted octanol–water partition coefficient (Wildman–Crippen LogP) is 3.04. The van der Waals surface area contributed by atoms with E-state index < -0.39 is 5.91 Å². The summed E-state index contributed by atoms with van der Waals surface area (Å²) in [6.45, 7) is 0.171. The van der Waals surface area contributed by atoms with E-state index in [1.807, 2.05) is 36.4 Å². The molecule has 0 atom stereocenters. The minimum atomic E-state index is -0.478. The molecule has 1 heterocycles. The van der Waals surface area contributed by atoms with Crippen molar-refractivity contribution in [1.82, 2.24) is 15.8 Å². The van der Waals surface area contributed by atoms with Gasteiger partial charge in [0.2, 0.25) is 5.91 Å². The Hall–Kier alpha value is -3.12. The van der Waals surface area contributed by atoms with Crippen LogP contribution >= 0.6 is 11.6 Å². The molecule has 0 unspecified atom stereocenters. The zero-order chi connectivity index (χ0) is 18.4. The van der Waals surface area contributed by atoms with Gasteiger partial charge in [0.15, 0.2) is 11.5 Å². The molecule has 3 rings (SSSR count). The zero-order valence-electron chi connectivity index (χ0n) is 13.7. The van der Waals surface area contributed by atoms with E-state index in [1.165, 1.54) is 6.07 Å². The minimum absolute atomic E-state index is 0.117. The molecule has 2 aromatic carbocycles. The number of hydrogen-bond donors (Lipinski definition) is 2. The Bertz CT molecular complexity index is 909. The van der Waals surface area contributed by atoms with Crippen LogP contribution in [0, 0.1) is 0 Å². The Labute approximate surface area is 155 Å². The molecular formula is C19H16ClN3O3. The van der Waals surface area contributed by atoms with Crippen LogP contribution in [0.3, 0.4) is 0 Å². The Morgan fingerprint density at radius 1 is 1.00 bits per heavy atom. The third-order valence-electron chi connectivity index (χ3n) is 3.59. The van der Waals surface area contributed by atoms with E-state index in [0.29, 0.717) is 17.3 Å². The number of rotatable bonds is 6. The number of carbonyl (C=O) groups is 2. The highest BCUT2D eigenvalue weighted by atomic mass is 35.5. The summed E-state index contributed by atoms with van der Waals surface area (Å²) >= 11 is 5.89. The molecule has 1 aromatic heterocycles. The number of halogens is 1. The van der Waals surface area contributed by atoms with Gasteiger partial charge in [-0.3, -0.25) is 9.59 Å². The van der Waals surface area contributed by atoms with Gasteiger partial charge in [-0.1, -0.05) is 59.2 Å². The van der Waals surface area contributed by atoms with Crippen molar-refractivity contribution in [3.8, 4) is 11.3 Å². The van der Waals surface area contributed by atoms with Gasteiger partial charge in [-0.2, -0.15) is 0 Å². The molecule has 26 heavy (non-hydrogen) atoms. The fraction of sp³-hybridized carbons (Fsp3) is 0.105. The Morgan fingerprint density at radius 2 is 1.81 bits per heavy atom. The quantitative estimate of drug-likeness (QED) is 0.699. The number of nitrogens with one attached hydrogen (secondary N) is 2. The molecule has 0 saturated carbocycles. The van der Waals surface area contributed by atoms with E-state index >= 15 is 0 Å². The highest BCUT2D eigenvalue weighted by Gasteiger charge is 2.14. The second-order valence-corrected chi connectivity index (χ2v) is 5.97. The van der Waals surface area contributed by atoms with Crippen molar-refractivity contribution >= 4 is 23.4 Å². The van der Waals surface area contributed by atoms with E-state index in [2.05, 4.69) is 15.8 Å². The topological polar surface area (TPSA) is 84.2 Å². The maximum Gasteiger partial charge on any atom is 0.273 e. The van der Waals surface area contributed by atoms with Gasteiger partial charge in [-0.25, -0.2) is 0 Å². The minimum Gasteiger partial charge on any atom is -0.355 e. The van der Waals surface area contributed by atoms with Gasteiger partial charge >= 0.3 is 0 Å². The number of aromatic nitrogens is 1. The lowest BCUT2D eigenvalue weighted by Crippen LogP contribution is -2.36. The van der Waals surface area contributed by atoms with E-state index in [4.69, 9.17) is 16.1 Å². The molecule has 0 bridgehead atoms. The average Bonchev–Trinajstić information content (AvgIpc) is 3.15. The lowest BCUT2D eigenvalue weighted by Gasteiger charge is -2.06. The number of nitrogens with zero attached hydrogens (tertiary/aromatic N) is 1. The molecule has 2 amide bonds. The van der Waals surface area contributed by atoms with E-state index in [1.54, 1.807) is 18.2 Å². The second kappa shape index (κ2) is 8.31. The summed E-state index contributed by atoms with van der Waals surface area (Å²) in [4.78, 5) is 23.9. The molecule has 3 aromatic rings. The summed E-state index contributed by atoms with van der Waals surface area (Å²) in [5.41, 5.74) is 1.81. The van der Waals surface area contributed by atoms with Gasteiger partial charge in [0.05, 0.1) is 6.54 Å². The largest absolute Gasteiger partial charge is 0.355 e. The summed E-state index contributed by atoms with van der Waals surface area (Å²) in [7, 11) is 0. The van der Waals surface area contributed by atoms with Crippen LogP contribution in [0.1, 0.15) is 16.1 Å². The molecule has 0 fully saturated rings. The molecule has 0 spiro atoms. The molecule has 0 radical (unpaired) electrons. The third-order valence-corrected chi connectivity index (χ3v) is 3.82. The SMILES string of the molecule is O=C(CNC(=O)c1cc(-c2ccccc2)on1)NCc1cccc(Cl)c1. The second-order valence-electron chi connectivity index (χ2n) is 5.53. The van der Waals surface area contributed by atoms with Gasteiger partial charge in [0.25, 0.3) is 5.91 Å². The lowest BCUT2D eigenvalue weighted by atomic mass is 10.1. The first-order chi connectivity index (χ1) is 12.6. The monoisotopic (exact) mass is 369 g/mol. The first-order valence-corrected chi connectivity index (χ1v) is 8.31. The number of amides is 2. The summed E-state index contributed by atoms with van der Waals surface area (Å²) in [5.74, 6) is -0.305. The van der Waals surface area contributed by atoms with Crippen LogP contribution in [0.2, 0.25) is 5.02 Å². The van der Waals surface area contributed by atoms with Gasteiger partial charge in [-0.15, -0.1) is 0 Å². The predicted molar refractivity (Wildman–Crippen MR) is 97.6 cm³/mol. The molecule has 0 aliphatic carbocycles. The van der Waals surface area contributed by atoms with Crippen molar-refractivity contribution in [1.29, 1.82) is 0 Å². The zero-order valence-corrected chi connectivity index (χ0v) is 14.5. The summed E-state index contributed by atoms with van der Waals surface area (Å²) in [5, 5.41) is 9.56. The van der Waals surface area contributed by atoms with Crippen molar-refractivity contribution in [3.63, 3.8) is 0 Å². The van der Waals surface area contributed by atoms with Crippen molar-refractivity contribution in [2.75, 3.05) is 6.54 Å². The highest BCUT2D eigenvalue weighted by Crippen LogP contribution is 2.19. The number of hydrogen-bond acceptors (Lipinski definition) is 4. The van der Waals surface area contributed by atoms with Gasteiger partial charge in [0, 0.05) is 23.2 Å². The average molecular weight is 370 g/mol. The van der Waals surface area contributed by atoms with Crippen LogP contribution in [-0.4, -0.2) is 23.5 Å². The summed E-state index contributed by atoms with van der Waals surface area (Å²) in [6, 6.07) is 18.0. The van der Waals surface area contributed by atoms with Gasteiger partial charge in [0.1, 0.15) is 0 Å². The summed E-state index contributed by atoms with van der Waals surface area (Å²) < 4.78 is 5.17. The molecular weight excluding hydrogens is 354 g/mol. The van der Waals surface area contributed by atoms with Crippen molar-refractivity contribution < 1.29 is 14.1 Å². The van der Waals surface area contributed by atoms with Crippen molar-refractivity contribution in [2.45, 2.75) is 6.54 Å². The molecule has 132 valence electrons. The summed E-state index contributed by atoms with van der Waals surface area (Å²) in [6.07, 6.45) is 0. The van der Waals surface area contributed by atoms with Crippen molar-refractivity contribution in [2.24, 2.45) is 0 Å². The number of carbonyl (C=O) groups excluding carboxylic acids is 2. The molecule has 7 heteroatoms. The van der Waals surface area contributed by atoms with Crippen LogP contribution < -0.4 is 10.6 Å². The Balaban J connectivity index is 1.49. The molecule has 0 saturated heterocycles. The first kappa shape index (κ1) is 17.7. The standard InChI is InChI=1S/C19H16ClN3O3/c20-15-8-4-5-13(9-15)11-21-18(24)12-22-19(25)16-10-17(26-23-16)14-6-2-1-3-7-14/h1-10H,11-12H2,(H,21,24)(H,22,25). The van der Waals surface area contributed by atoms with Crippen molar-refractivity contribution in [3.05, 3.63) is 76.9 Å². The Kier molecular flexibility index (Phi) is 5.66. The van der Waals surface area contributed by atoms with Crippen LogP contribution in [0.25, 0.3) is 11.3 Å². The molecule has 2 N–H and O–H groups in total. The smallest absolute Gasteiger partial charge is 0.273 e. The fourth-order valence-electron chi connectivity index (χ4n) is 2.28. The third kappa shape index (κ3) is 4.70. The maximum atomic E-state index is 12.1. The normalized spacial score (nSPS) is 10.3. The molecule has 0 aliphatic rings. The highest BCUT2D eigenvalue weighted by molar-refractivity contribution is 6.30. The number of benzene rings is 2. The van der Waals surface area contributed by atoms with Crippen LogP contribution in [-0.2, 0) is 11.3 Å². The van der Waals surface area contributed by atoms with Crippen LogP contribution in [0.15, 0.2) is 65.2 Å². The van der Waals surface area contributed by atoms with E-state index in [9.17, 15) is 9.59 Å². The van der Waals surface area contributed by atoms with E-state index in [-0.39, 0.29) is 18.1 Å². The molecule has 0 aliphatic heterocycles. The van der Waals surface area contributed by atoms with Crippen LogP contribution in [0.5, 0.6) is 0 Å². The first-order valence-electron chi connectivity index (χ1n) is 7.93. The fourth-order valence-corrected chi connectivity index (χ4v) is 2.49. The van der Waals surface area contributed by atoms with Crippen LogP contribution in [0.4, 0.5) is 0 Å². The van der Waals surface area contributed by atoms with E-state index in [0.717, 1.165) is 11.1 Å². The molecule has 6 nitrogen and oxygen atoms in total. The van der Waals surface area contributed by atoms with Gasteiger partial charge < -0.3 is 15.2 Å². The Morgan fingerprint density at radius 3 is 2.58 bits per heavy atom. The van der Waals surface area contributed by atoms with Gasteiger partial charge in [-0.05, 0) is 17.7 Å².